The first-order chi connectivity index (χ1) is 11.4. The Labute approximate surface area is 138 Å². The summed E-state index contributed by atoms with van der Waals surface area (Å²) in [5.74, 6) is -4.57. The van der Waals surface area contributed by atoms with Crippen LogP contribution in [0.3, 0.4) is 0 Å². The van der Waals surface area contributed by atoms with Crippen LogP contribution in [-0.2, 0) is 4.79 Å². The second kappa shape index (κ2) is 5.98. The average molecular weight is 336 g/mol. The van der Waals surface area contributed by atoms with Gasteiger partial charge in [-0.05, 0) is 31.4 Å². The number of pyridine rings is 1. The van der Waals surface area contributed by atoms with Gasteiger partial charge in [0.05, 0.1) is 5.56 Å². The fourth-order valence-corrected chi connectivity index (χ4v) is 3.08. The Balaban J connectivity index is 1.67. The second-order valence-corrected chi connectivity index (χ2v) is 6.23. The number of hydrogen-bond donors (Lipinski definition) is 1. The topological polar surface area (TPSA) is 80.5 Å². The molecule has 1 saturated heterocycles. The van der Waals surface area contributed by atoms with E-state index in [0.717, 1.165) is 4.90 Å². The van der Waals surface area contributed by atoms with Crippen LogP contribution in [0.1, 0.15) is 24.8 Å². The molecule has 0 radical (unpaired) electrons. The Morgan fingerprint density at radius 2 is 2.00 bits per heavy atom. The molecule has 2 heterocycles. The summed E-state index contributed by atoms with van der Waals surface area (Å²) < 4.78 is 28.5. The van der Waals surface area contributed by atoms with Gasteiger partial charge in [-0.2, -0.15) is 14.0 Å². The van der Waals surface area contributed by atoms with E-state index >= 15 is 0 Å². The maximum atomic E-state index is 14.3. The van der Waals surface area contributed by atoms with Gasteiger partial charge in [-0.25, -0.2) is 4.98 Å². The third-order valence-electron chi connectivity index (χ3n) is 4.81. The average Bonchev–Trinajstić information content (AvgIpc) is 2.59. The van der Waals surface area contributed by atoms with Crippen LogP contribution >= 0.6 is 0 Å². The molecule has 128 valence electrons. The molecule has 24 heavy (non-hydrogen) atoms. The molecule has 1 aromatic rings. The summed E-state index contributed by atoms with van der Waals surface area (Å²) in [7, 11) is 0. The zero-order valence-corrected chi connectivity index (χ0v) is 13.1. The van der Waals surface area contributed by atoms with Crippen molar-refractivity contribution in [1.29, 1.82) is 5.26 Å². The van der Waals surface area contributed by atoms with Gasteiger partial charge in [0, 0.05) is 32.4 Å². The minimum Gasteiger partial charge on any atom is -0.383 e. The van der Waals surface area contributed by atoms with E-state index in [1.54, 1.807) is 23.2 Å². The fourth-order valence-electron chi connectivity index (χ4n) is 3.08. The van der Waals surface area contributed by atoms with Crippen molar-refractivity contribution in [3.63, 3.8) is 0 Å². The van der Waals surface area contributed by atoms with E-state index in [1.165, 1.54) is 0 Å². The summed E-state index contributed by atoms with van der Waals surface area (Å²) in [6, 6.07) is 5.34. The van der Waals surface area contributed by atoms with Crippen molar-refractivity contribution in [2.24, 2.45) is 0 Å². The number of carbonyl (C=O) groups excluding carboxylic acids is 1. The molecule has 1 aromatic heterocycles. The molecular formula is C16H18F2N4O2. The highest BCUT2D eigenvalue weighted by atomic mass is 19.3. The Morgan fingerprint density at radius 1 is 1.33 bits per heavy atom. The van der Waals surface area contributed by atoms with E-state index in [0.29, 0.717) is 30.9 Å². The van der Waals surface area contributed by atoms with Crippen LogP contribution in [0.2, 0.25) is 0 Å². The molecule has 6 nitrogen and oxygen atoms in total. The lowest BCUT2D eigenvalue weighted by molar-refractivity contribution is -0.223. The number of rotatable bonds is 3. The Morgan fingerprint density at radius 3 is 2.54 bits per heavy atom. The standard InChI is InChI=1S/C16H18F2N4O2/c17-16(18,15(24)4-2-5-15)14(23)22-9-7-21(8-10-22)13-12(11-19)3-1-6-20-13/h1,3,6,24H,2,4-5,7-10H2. The Bertz CT molecular complexity index is 677. The first-order valence-electron chi connectivity index (χ1n) is 7.89. The molecule has 1 saturated carbocycles. The highest BCUT2D eigenvalue weighted by molar-refractivity contribution is 5.85. The molecule has 1 aliphatic heterocycles. The van der Waals surface area contributed by atoms with Crippen molar-refractivity contribution in [3.05, 3.63) is 23.9 Å². The SMILES string of the molecule is N#Cc1cccnc1N1CCN(C(=O)C(F)(F)C2(O)CCC2)CC1. The summed E-state index contributed by atoms with van der Waals surface area (Å²) in [6.45, 7) is 0.829. The predicted octanol–water partition coefficient (Wildman–Crippen LogP) is 1.15. The van der Waals surface area contributed by atoms with E-state index in [9.17, 15) is 18.7 Å². The van der Waals surface area contributed by atoms with Gasteiger partial charge in [-0.1, -0.05) is 0 Å². The molecule has 0 bridgehead atoms. The monoisotopic (exact) mass is 336 g/mol. The van der Waals surface area contributed by atoms with Crippen LogP contribution in [0.5, 0.6) is 0 Å². The van der Waals surface area contributed by atoms with Crippen LogP contribution in [-0.4, -0.2) is 58.6 Å². The smallest absolute Gasteiger partial charge is 0.352 e. The molecule has 8 heteroatoms. The van der Waals surface area contributed by atoms with E-state index in [-0.39, 0.29) is 25.9 Å². The lowest BCUT2D eigenvalue weighted by Gasteiger charge is -2.44. The van der Waals surface area contributed by atoms with Crippen molar-refractivity contribution >= 4 is 11.7 Å². The maximum absolute atomic E-state index is 14.3. The molecule has 2 fully saturated rings. The number of aromatic nitrogens is 1. The highest BCUT2D eigenvalue weighted by Gasteiger charge is 2.62. The van der Waals surface area contributed by atoms with Crippen LogP contribution in [0.4, 0.5) is 14.6 Å². The van der Waals surface area contributed by atoms with Gasteiger partial charge in [0.2, 0.25) is 0 Å². The highest BCUT2D eigenvalue weighted by Crippen LogP contribution is 2.45. The first-order valence-corrected chi connectivity index (χ1v) is 7.89. The van der Waals surface area contributed by atoms with Gasteiger partial charge in [0.1, 0.15) is 17.5 Å². The number of alkyl halides is 2. The number of hydrogen-bond acceptors (Lipinski definition) is 5. The summed E-state index contributed by atoms with van der Waals surface area (Å²) in [5.41, 5.74) is -1.79. The largest absolute Gasteiger partial charge is 0.383 e. The van der Waals surface area contributed by atoms with Gasteiger partial charge in [-0.15, -0.1) is 0 Å². The minimum absolute atomic E-state index is 0.0504. The molecule has 0 atom stereocenters. The number of amides is 1. The summed E-state index contributed by atoms with van der Waals surface area (Å²) in [4.78, 5) is 19.2. The Hall–Kier alpha value is -2.27. The van der Waals surface area contributed by atoms with Gasteiger partial charge in [0.25, 0.3) is 5.91 Å². The predicted molar refractivity (Wildman–Crippen MR) is 81.5 cm³/mol. The van der Waals surface area contributed by atoms with E-state index in [4.69, 9.17) is 5.26 Å². The van der Waals surface area contributed by atoms with Gasteiger partial charge >= 0.3 is 5.92 Å². The third kappa shape index (κ3) is 2.59. The molecule has 0 aromatic carbocycles. The summed E-state index contributed by atoms with van der Waals surface area (Å²) in [6.07, 6.45) is 1.97. The number of halogens is 2. The zero-order valence-electron chi connectivity index (χ0n) is 13.1. The third-order valence-corrected chi connectivity index (χ3v) is 4.81. The fraction of sp³-hybridized carbons (Fsp3) is 0.562. The number of nitriles is 1. The first kappa shape index (κ1) is 16.6. The van der Waals surface area contributed by atoms with Crippen LogP contribution < -0.4 is 4.90 Å². The second-order valence-electron chi connectivity index (χ2n) is 6.23. The molecule has 2 aliphatic rings. The van der Waals surface area contributed by atoms with E-state index < -0.39 is 17.4 Å². The van der Waals surface area contributed by atoms with E-state index in [1.807, 2.05) is 6.07 Å². The number of piperazine rings is 1. The van der Waals surface area contributed by atoms with Crippen molar-refractivity contribution in [1.82, 2.24) is 9.88 Å². The number of anilines is 1. The Kier molecular flexibility index (Phi) is 4.13. The number of nitrogens with zero attached hydrogens (tertiary/aromatic N) is 4. The lowest BCUT2D eigenvalue weighted by Crippen LogP contribution is -2.63. The van der Waals surface area contributed by atoms with Gasteiger partial charge in [-0.3, -0.25) is 4.79 Å². The number of carbonyl (C=O) groups is 1. The molecule has 1 N–H and O–H groups in total. The molecule has 1 aliphatic carbocycles. The minimum atomic E-state index is -3.75. The van der Waals surface area contributed by atoms with Crippen LogP contribution in [0.15, 0.2) is 18.3 Å². The van der Waals surface area contributed by atoms with Crippen molar-refractivity contribution in [2.75, 3.05) is 31.1 Å². The van der Waals surface area contributed by atoms with Gasteiger partial charge < -0.3 is 14.9 Å². The summed E-state index contributed by atoms with van der Waals surface area (Å²) >= 11 is 0. The normalized spacial score (nSPS) is 20.2. The van der Waals surface area contributed by atoms with E-state index in [2.05, 4.69) is 4.98 Å². The molecular weight excluding hydrogens is 318 g/mol. The van der Waals surface area contributed by atoms with Crippen LogP contribution in [0, 0.1) is 11.3 Å². The zero-order chi connectivity index (χ0) is 17.4. The quantitative estimate of drug-likeness (QED) is 0.896. The molecule has 0 spiro atoms. The molecule has 0 unspecified atom stereocenters. The van der Waals surface area contributed by atoms with Crippen molar-refractivity contribution in [3.8, 4) is 6.07 Å². The summed E-state index contributed by atoms with van der Waals surface area (Å²) in [5, 5.41) is 19.0. The van der Waals surface area contributed by atoms with Crippen LogP contribution in [0.25, 0.3) is 0 Å². The maximum Gasteiger partial charge on any atom is 0.352 e. The lowest BCUT2D eigenvalue weighted by atomic mass is 9.75. The van der Waals surface area contributed by atoms with Crippen molar-refractivity contribution in [2.45, 2.75) is 30.8 Å². The molecule has 1 amide bonds. The number of aliphatic hydroxyl groups is 1. The van der Waals surface area contributed by atoms with Gasteiger partial charge in [0.15, 0.2) is 0 Å². The molecule has 3 rings (SSSR count). The van der Waals surface area contributed by atoms with Crippen molar-refractivity contribution < 1.29 is 18.7 Å².